The molecular formula is C31H30ClN7O2S. The highest BCUT2D eigenvalue weighted by molar-refractivity contribution is 7.81. The van der Waals surface area contributed by atoms with Gasteiger partial charge in [-0.1, -0.05) is 35.9 Å². The molecular weight excluding hydrogens is 570 g/mol. The molecule has 9 nitrogen and oxygen atoms in total. The Morgan fingerprint density at radius 3 is 2.52 bits per heavy atom. The second kappa shape index (κ2) is 13.1. The molecule has 4 N–H and O–H groups in total. The summed E-state index contributed by atoms with van der Waals surface area (Å²) >= 11 is 10.9. The Hall–Kier alpha value is -4.38. The highest BCUT2D eigenvalue weighted by atomic mass is 35.5. The number of H-pyrrole nitrogens is 1. The van der Waals surface area contributed by atoms with Crippen molar-refractivity contribution < 1.29 is 9.59 Å². The van der Waals surface area contributed by atoms with E-state index in [1.54, 1.807) is 42.6 Å². The first-order valence-electron chi connectivity index (χ1n) is 13.3. The number of anilines is 4. The Bertz CT molecular complexity index is 1720. The maximum Gasteiger partial charge on any atom is 0.255 e. The Morgan fingerprint density at radius 2 is 1.74 bits per heavy atom. The van der Waals surface area contributed by atoms with Gasteiger partial charge in [0.2, 0.25) is 11.9 Å². The van der Waals surface area contributed by atoms with Crippen molar-refractivity contribution >= 4 is 70.0 Å². The monoisotopic (exact) mass is 599 g/mol. The van der Waals surface area contributed by atoms with E-state index in [0.717, 1.165) is 16.5 Å². The van der Waals surface area contributed by atoms with Crippen molar-refractivity contribution in [2.24, 2.45) is 0 Å². The molecule has 2 heterocycles. The molecule has 0 aliphatic heterocycles. The lowest BCUT2D eigenvalue weighted by Gasteiger charge is -2.15. The van der Waals surface area contributed by atoms with Gasteiger partial charge in [-0.25, -0.2) is 9.97 Å². The van der Waals surface area contributed by atoms with Crippen molar-refractivity contribution in [3.8, 4) is 11.3 Å². The fourth-order valence-corrected chi connectivity index (χ4v) is 5.19. The molecule has 3 aromatic carbocycles. The van der Waals surface area contributed by atoms with Crippen LogP contribution in [0.3, 0.4) is 0 Å². The molecule has 5 rings (SSSR count). The van der Waals surface area contributed by atoms with E-state index in [1.165, 1.54) is 0 Å². The molecule has 2 aromatic heterocycles. The number of fused-ring (bicyclic) bond motifs is 1. The number of benzene rings is 3. The summed E-state index contributed by atoms with van der Waals surface area (Å²) in [5, 5.41) is 10.3. The molecule has 11 heteroatoms. The maximum atomic E-state index is 12.9. The molecule has 0 bridgehead atoms. The van der Waals surface area contributed by atoms with Gasteiger partial charge >= 0.3 is 0 Å². The first kappa shape index (κ1) is 29.1. The lowest BCUT2D eigenvalue weighted by molar-refractivity contribution is -0.116. The number of hydrogen-bond donors (Lipinski definition) is 5. The third-order valence-corrected chi connectivity index (χ3v) is 7.02. The van der Waals surface area contributed by atoms with E-state index >= 15 is 0 Å². The molecule has 0 spiro atoms. The minimum Gasteiger partial charge on any atom is -0.360 e. The molecule has 0 aliphatic carbocycles. The van der Waals surface area contributed by atoms with Gasteiger partial charge in [-0.3, -0.25) is 9.59 Å². The van der Waals surface area contributed by atoms with Crippen molar-refractivity contribution in [3.63, 3.8) is 0 Å². The number of amides is 2. The second-order valence-corrected chi connectivity index (χ2v) is 11.2. The zero-order valence-corrected chi connectivity index (χ0v) is 24.7. The summed E-state index contributed by atoms with van der Waals surface area (Å²) in [6.07, 6.45) is 3.73. The van der Waals surface area contributed by atoms with E-state index in [-0.39, 0.29) is 17.1 Å². The number of nitrogens with zero attached hydrogens (tertiary/aromatic N) is 3. The van der Waals surface area contributed by atoms with Crippen molar-refractivity contribution in [2.45, 2.75) is 11.7 Å². The highest BCUT2D eigenvalue weighted by Crippen LogP contribution is 2.32. The number of aromatic nitrogens is 3. The SMILES string of the molecule is CN(C)CC(S)CC(=O)Nc1ccc(C(=O)Nc2cccc(Nc3ncc(Cl)c(-c4c[nH]c5ccccc45)n3)c2)cc1. The maximum absolute atomic E-state index is 12.9. The Kier molecular flexibility index (Phi) is 9.06. The van der Waals surface area contributed by atoms with Crippen LogP contribution < -0.4 is 16.0 Å². The summed E-state index contributed by atoms with van der Waals surface area (Å²) in [5.74, 6) is -0.0425. The predicted molar refractivity (Wildman–Crippen MR) is 173 cm³/mol. The van der Waals surface area contributed by atoms with E-state index in [9.17, 15) is 9.59 Å². The third kappa shape index (κ3) is 7.27. The average Bonchev–Trinajstić information content (AvgIpc) is 3.38. The van der Waals surface area contributed by atoms with Crippen LogP contribution in [-0.2, 0) is 4.79 Å². The molecule has 2 amide bonds. The number of thiol groups is 1. The molecule has 214 valence electrons. The summed E-state index contributed by atoms with van der Waals surface area (Å²) < 4.78 is 0. The molecule has 0 aliphatic rings. The van der Waals surface area contributed by atoms with Crippen LogP contribution in [0, 0.1) is 0 Å². The number of hydrogen-bond acceptors (Lipinski definition) is 7. The van der Waals surface area contributed by atoms with Gasteiger partial charge in [0.05, 0.1) is 16.9 Å². The van der Waals surface area contributed by atoms with E-state index in [4.69, 9.17) is 11.6 Å². The highest BCUT2D eigenvalue weighted by Gasteiger charge is 2.14. The van der Waals surface area contributed by atoms with Gasteiger partial charge in [-0.05, 0) is 62.6 Å². The molecule has 5 aromatic rings. The van der Waals surface area contributed by atoms with Gasteiger partial charge in [0.1, 0.15) is 0 Å². The molecule has 0 saturated heterocycles. The third-order valence-electron chi connectivity index (χ3n) is 6.39. The number of carbonyl (C=O) groups is 2. The number of halogens is 1. The van der Waals surface area contributed by atoms with Gasteiger partial charge < -0.3 is 25.8 Å². The van der Waals surface area contributed by atoms with Gasteiger partial charge in [0, 0.05) is 63.5 Å². The summed E-state index contributed by atoms with van der Waals surface area (Å²) in [4.78, 5) is 39.4. The van der Waals surface area contributed by atoms with Crippen molar-refractivity contribution in [1.29, 1.82) is 0 Å². The molecule has 1 atom stereocenters. The smallest absolute Gasteiger partial charge is 0.255 e. The molecule has 1 unspecified atom stereocenters. The van der Waals surface area contributed by atoms with E-state index < -0.39 is 0 Å². The Labute approximate surface area is 254 Å². The number of carbonyl (C=O) groups excluding carboxylic acids is 2. The van der Waals surface area contributed by atoms with Crippen molar-refractivity contribution in [2.75, 3.05) is 36.6 Å². The lowest BCUT2D eigenvalue weighted by Crippen LogP contribution is -2.26. The Morgan fingerprint density at radius 1 is 0.976 bits per heavy atom. The molecule has 0 saturated carbocycles. The second-order valence-electron chi connectivity index (χ2n) is 10.0. The van der Waals surface area contributed by atoms with Gasteiger partial charge in [0.25, 0.3) is 5.91 Å². The number of aromatic amines is 1. The normalized spacial score (nSPS) is 11.8. The molecule has 0 radical (unpaired) electrons. The largest absolute Gasteiger partial charge is 0.360 e. The number of para-hydroxylation sites is 1. The first-order chi connectivity index (χ1) is 20.2. The van der Waals surface area contributed by atoms with E-state index in [0.29, 0.717) is 52.3 Å². The summed E-state index contributed by atoms with van der Waals surface area (Å²) in [5.41, 5.74) is 4.82. The Balaban J connectivity index is 1.22. The summed E-state index contributed by atoms with van der Waals surface area (Å²) in [6, 6.07) is 21.9. The van der Waals surface area contributed by atoms with E-state index in [2.05, 4.69) is 43.5 Å². The lowest BCUT2D eigenvalue weighted by atomic mass is 10.1. The fraction of sp³-hybridized carbons (Fsp3) is 0.161. The average molecular weight is 600 g/mol. The van der Waals surface area contributed by atoms with Crippen molar-refractivity contribution in [3.05, 3.63) is 95.8 Å². The zero-order chi connectivity index (χ0) is 29.6. The number of rotatable bonds is 10. The topological polar surface area (TPSA) is 115 Å². The summed E-state index contributed by atoms with van der Waals surface area (Å²) in [7, 11) is 3.88. The molecule has 42 heavy (non-hydrogen) atoms. The predicted octanol–water partition coefficient (Wildman–Crippen LogP) is 6.46. The van der Waals surface area contributed by atoms with Crippen LogP contribution in [0.25, 0.3) is 22.2 Å². The van der Waals surface area contributed by atoms with Crippen LogP contribution in [0.2, 0.25) is 5.02 Å². The minimum absolute atomic E-state index is 0.0666. The van der Waals surface area contributed by atoms with Crippen LogP contribution in [0.15, 0.2) is 85.2 Å². The van der Waals surface area contributed by atoms with Crippen LogP contribution in [0.5, 0.6) is 0 Å². The molecule has 0 fully saturated rings. The van der Waals surface area contributed by atoms with Gasteiger partial charge in [0.15, 0.2) is 0 Å². The van der Waals surface area contributed by atoms with Crippen LogP contribution in [0.4, 0.5) is 23.0 Å². The summed E-state index contributed by atoms with van der Waals surface area (Å²) in [6.45, 7) is 0.700. The minimum atomic E-state index is -0.282. The van der Waals surface area contributed by atoms with Crippen LogP contribution in [-0.4, -0.2) is 57.6 Å². The van der Waals surface area contributed by atoms with E-state index in [1.807, 2.05) is 61.6 Å². The van der Waals surface area contributed by atoms with Crippen LogP contribution in [0.1, 0.15) is 16.8 Å². The zero-order valence-electron chi connectivity index (χ0n) is 23.1. The van der Waals surface area contributed by atoms with Crippen LogP contribution >= 0.6 is 24.2 Å². The standard InChI is InChI=1S/C31H30ClN7O2S/c1-39(2)18-23(42)15-28(40)35-20-12-10-19(11-13-20)30(41)36-21-6-5-7-22(14-21)37-31-34-17-26(32)29(38-31)25-16-33-27-9-4-3-8-24(25)27/h3-14,16-17,23,33,42H,15,18H2,1-2H3,(H,35,40)(H,36,41)(H,34,37,38). The first-order valence-corrected chi connectivity index (χ1v) is 14.1. The quantitative estimate of drug-likeness (QED) is 0.118. The van der Waals surface area contributed by atoms with Gasteiger partial charge in [-0.15, -0.1) is 0 Å². The fourth-order valence-electron chi connectivity index (χ4n) is 4.51. The number of nitrogens with one attached hydrogen (secondary N) is 4. The van der Waals surface area contributed by atoms with Crippen molar-refractivity contribution in [1.82, 2.24) is 19.9 Å². The van der Waals surface area contributed by atoms with Gasteiger partial charge in [-0.2, -0.15) is 12.6 Å².